The minimum Gasteiger partial charge on any atom is -0.366 e. The van der Waals surface area contributed by atoms with Crippen molar-refractivity contribution in [2.75, 3.05) is 18.9 Å². The third-order valence-electron chi connectivity index (χ3n) is 5.34. The SMILES string of the molecule is CN1CC(=O)N(Cc2ccc(C(N)=O)cc2NC(=O)C23CC2C3)C1=O. The highest BCUT2D eigenvalue weighted by Gasteiger charge is 2.74. The lowest BCUT2D eigenvalue weighted by Crippen LogP contribution is -2.31. The fourth-order valence-corrected chi connectivity index (χ4v) is 3.30. The van der Waals surface area contributed by atoms with Crippen molar-refractivity contribution in [3.63, 3.8) is 0 Å². The van der Waals surface area contributed by atoms with E-state index in [1.807, 2.05) is 0 Å². The number of rotatable bonds is 5. The molecule has 0 spiro atoms. The number of benzene rings is 1. The van der Waals surface area contributed by atoms with Gasteiger partial charge in [0.1, 0.15) is 6.54 Å². The lowest BCUT2D eigenvalue weighted by molar-refractivity contribution is -0.125. The number of anilines is 1. The van der Waals surface area contributed by atoms with Crippen LogP contribution in [0.2, 0.25) is 0 Å². The molecule has 2 aliphatic carbocycles. The minimum atomic E-state index is -0.607. The smallest absolute Gasteiger partial charge is 0.327 e. The van der Waals surface area contributed by atoms with Crippen LogP contribution in [0.3, 0.4) is 0 Å². The van der Waals surface area contributed by atoms with Gasteiger partial charge in [0, 0.05) is 18.3 Å². The number of carbonyl (C=O) groups excluding carboxylic acids is 4. The number of amides is 5. The van der Waals surface area contributed by atoms with Crippen LogP contribution in [0.1, 0.15) is 28.8 Å². The number of carbonyl (C=O) groups is 4. The summed E-state index contributed by atoms with van der Waals surface area (Å²) in [5, 5.41) is 2.86. The zero-order chi connectivity index (χ0) is 17.9. The second-order valence-corrected chi connectivity index (χ2v) is 7.07. The first-order valence-electron chi connectivity index (χ1n) is 8.11. The van der Waals surface area contributed by atoms with Crippen LogP contribution in [0, 0.1) is 11.3 Å². The molecule has 8 heteroatoms. The number of imide groups is 1. The van der Waals surface area contributed by atoms with Crippen LogP contribution in [-0.4, -0.2) is 47.1 Å². The van der Waals surface area contributed by atoms with Crippen molar-refractivity contribution in [3.05, 3.63) is 29.3 Å². The molecule has 5 amide bonds. The van der Waals surface area contributed by atoms with Crippen LogP contribution in [0.15, 0.2) is 18.2 Å². The molecule has 1 aromatic carbocycles. The van der Waals surface area contributed by atoms with Crippen LogP contribution in [0.25, 0.3) is 0 Å². The van der Waals surface area contributed by atoms with Gasteiger partial charge in [0.15, 0.2) is 0 Å². The average molecular weight is 342 g/mol. The molecule has 3 aliphatic rings. The van der Waals surface area contributed by atoms with Gasteiger partial charge in [-0.05, 0) is 36.5 Å². The Bertz CT molecular complexity index is 828. The van der Waals surface area contributed by atoms with Gasteiger partial charge in [-0.25, -0.2) is 4.79 Å². The Morgan fingerprint density at radius 3 is 2.52 bits per heavy atom. The Morgan fingerprint density at radius 2 is 2.00 bits per heavy atom. The molecule has 1 aliphatic heterocycles. The molecule has 0 bridgehead atoms. The van der Waals surface area contributed by atoms with E-state index in [-0.39, 0.29) is 41.9 Å². The first kappa shape index (κ1) is 15.6. The highest BCUT2D eigenvalue weighted by molar-refractivity contribution is 6.03. The zero-order valence-electron chi connectivity index (χ0n) is 13.7. The standard InChI is InChI=1S/C17H18N4O4/c1-20-8-13(22)21(16(20)25)7-10-3-2-9(14(18)23)4-12(10)19-15(24)17-5-11(17)6-17/h2-4,11H,5-8H2,1H3,(H2,18,23)(H,19,24). The molecular formula is C17H18N4O4. The van der Waals surface area contributed by atoms with E-state index in [1.54, 1.807) is 13.1 Å². The van der Waals surface area contributed by atoms with Crippen LogP contribution in [0.5, 0.6) is 0 Å². The van der Waals surface area contributed by atoms with Crippen LogP contribution < -0.4 is 11.1 Å². The van der Waals surface area contributed by atoms with Gasteiger partial charge >= 0.3 is 6.03 Å². The number of primary amides is 1. The first-order valence-corrected chi connectivity index (χ1v) is 8.11. The van der Waals surface area contributed by atoms with Gasteiger partial charge in [0.05, 0.1) is 12.0 Å². The maximum atomic E-state index is 12.4. The number of hydrogen-bond acceptors (Lipinski definition) is 4. The second-order valence-electron chi connectivity index (χ2n) is 7.07. The fourth-order valence-electron chi connectivity index (χ4n) is 3.30. The second kappa shape index (κ2) is 5.05. The Labute approximate surface area is 143 Å². The Kier molecular flexibility index (Phi) is 3.15. The maximum absolute atomic E-state index is 12.4. The van der Waals surface area contributed by atoms with E-state index in [2.05, 4.69) is 5.32 Å². The van der Waals surface area contributed by atoms with Crippen molar-refractivity contribution in [3.8, 4) is 0 Å². The third kappa shape index (κ3) is 2.45. The van der Waals surface area contributed by atoms with Crippen molar-refractivity contribution in [2.24, 2.45) is 17.1 Å². The van der Waals surface area contributed by atoms with Crippen LogP contribution in [0.4, 0.5) is 10.5 Å². The number of urea groups is 1. The van der Waals surface area contributed by atoms with Crippen LogP contribution in [-0.2, 0) is 16.1 Å². The summed E-state index contributed by atoms with van der Waals surface area (Å²) in [6, 6.07) is 4.26. The maximum Gasteiger partial charge on any atom is 0.327 e. The first-order chi connectivity index (χ1) is 11.8. The van der Waals surface area contributed by atoms with Gasteiger partial charge in [-0.1, -0.05) is 6.07 Å². The Hall–Kier alpha value is -2.90. The molecule has 2 saturated carbocycles. The molecular weight excluding hydrogens is 324 g/mol. The van der Waals surface area contributed by atoms with Gasteiger partial charge in [-0.3, -0.25) is 19.3 Å². The average Bonchev–Trinajstić information content (AvgIpc) is 3.40. The molecule has 4 rings (SSSR count). The van der Waals surface area contributed by atoms with Gasteiger partial charge in [-0.15, -0.1) is 0 Å². The highest BCUT2D eigenvalue weighted by atomic mass is 16.2. The molecule has 8 nitrogen and oxygen atoms in total. The molecule has 1 heterocycles. The summed E-state index contributed by atoms with van der Waals surface area (Å²) in [5.41, 5.74) is 6.35. The summed E-state index contributed by atoms with van der Waals surface area (Å²) in [4.78, 5) is 50.4. The molecule has 3 fully saturated rings. The number of nitrogens with zero attached hydrogens (tertiary/aromatic N) is 2. The molecule has 0 radical (unpaired) electrons. The predicted molar refractivity (Wildman–Crippen MR) is 87.3 cm³/mol. The van der Waals surface area contributed by atoms with E-state index in [1.165, 1.54) is 17.0 Å². The van der Waals surface area contributed by atoms with E-state index in [4.69, 9.17) is 5.73 Å². The molecule has 25 heavy (non-hydrogen) atoms. The lowest BCUT2D eigenvalue weighted by atomic mass is 10.1. The van der Waals surface area contributed by atoms with E-state index in [0.717, 1.165) is 17.7 Å². The molecule has 0 aromatic heterocycles. The Balaban J connectivity index is 1.61. The van der Waals surface area contributed by atoms with E-state index in [0.29, 0.717) is 17.2 Å². The van der Waals surface area contributed by atoms with Gasteiger partial charge in [-0.2, -0.15) is 0 Å². The third-order valence-corrected chi connectivity index (χ3v) is 5.34. The van der Waals surface area contributed by atoms with E-state index < -0.39 is 5.91 Å². The summed E-state index contributed by atoms with van der Waals surface area (Å²) in [7, 11) is 1.55. The number of hydrogen-bond donors (Lipinski definition) is 2. The van der Waals surface area contributed by atoms with E-state index in [9.17, 15) is 19.2 Å². The van der Waals surface area contributed by atoms with Gasteiger partial charge in [0.25, 0.3) is 5.91 Å². The molecule has 0 atom stereocenters. The van der Waals surface area contributed by atoms with Crippen molar-refractivity contribution in [2.45, 2.75) is 19.4 Å². The number of likely N-dealkylation sites (N-methyl/N-ethyl adjacent to an activating group) is 1. The number of fused-ring (bicyclic) bond motifs is 1. The lowest BCUT2D eigenvalue weighted by Gasteiger charge is -2.18. The number of nitrogens with two attached hydrogens (primary N) is 1. The summed E-state index contributed by atoms with van der Waals surface area (Å²) in [6.07, 6.45) is 1.80. The Morgan fingerprint density at radius 1 is 1.32 bits per heavy atom. The number of nitrogens with one attached hydrogen (secondary N) is 1. The molecule has 1 aromatic rings. The van der Waals surface area contributed by atoms with Gasteiger partial charge < -0.3 is 16.0 Å². The predicted octanol–water partition coefficient (Wildman–Crippen LogP) is 0.528. The van der Waals surface area contributed by atoms with Crippen molar-refractivity contribution >= 4 is 29.4 Å². The normalized spacial score (nSPS) is 26.5. The van der Waals surface area contributed by atoms with E-state index >= 15 is 0 Å². The molecule has 1 saturated heterocycles. The summed E-state index contributed by atoms with van der Waals surface area (Å²) in [6.45, 7) is 0.0672. The molecule has 130 valence electrons. The molecule has 3 N–H and O–H groups in total. The van der Waals surface area contributed by atoms with Crippen LogP contribution >= 0.6 is 0 Å². The van der Waals surface area contributed by atoms with Crippen molar-refractivity contribution < 1.29 is 19.2 Å². The summed E-state index contributed by atoms with van der Waals surface area (Å²) in [5.74, 6) is -0.502. The van der Waals surface area contributed by atoms with Crippen molar-refractivity contribution in [1.29, 1.82) is 0 Å². The topological polar surface area (TPSA) is 113 Å². The largest absolute Gasteiger partial charge is 0.366 e. The zero-order valence-corrected chi connectivity index (χ0v) is 13.7. The monoisotopic (exact) mass is 342 g/mol. The highest BCUT2D eigenvalue weighted by Crippen LogP contribution is 2.75. The summed E-state index contributed by atoms with van der Waals surface area (Å²) < 4.78 is 0. The fraction of sp³-hybridized carbons (Fsp3) is 0.412. The quantitative estimate of drug-likeness (QED) is 0.760. The minimum absolute atomic E-state index is 0.0324. The van der Waals surface area contributed by atoms with Crippen molar-refractivity contribution in [1.82, 2.24) is 9.80 Å². The summed E-state index contributed by atoms with van der Waals surface area (Å²) >= 11 is 0. The van der Waals surface area contributed by atoms with Gasteiger partial charge in [0.2, 0.25) is 11.8 Å². The molecule has 0 unspecified atom stereocenters.